The minimum Gasteiger partial charge on any atom is -0.348 e. The number of hydrogen-bond acceptors (Lipinski definition) is 5. The molecule has 0 aromatic carbocycles. The van der Waals surface area contributed by atoms with Crippen LogP contribution in [0.4, 0.5) is 5.95 Å². The standard InChI is InChI=1S/C15H23N3O2/c1-11-10-12(2)17-14(16-11)18(3)13-4-6-15(7-5-13)19-8-9-20-15/h10,13H,4-9H2,1-3H3. The molecule has 2 fully saturated rings. The van der Waals surface area contributed by atoms with Gasteiger partial charge in [0.2, 0.25) is 5.95 Å². The minimum atomic E-state index is -0.291. The van der Waals surface area contributed by atoms with Gasteiger partial charge in [-0.2, -0.15) is 0 Å². The fourth-order valence-corrected chi connectivity index (χ4v) is 3.24. The first-order valence-electron chi connectivity index (χ1n) is 7.41. The van der Waals surface area contributed by atoms with Crippen LogP contribution in [0.2, 0.25) is 0 Å². The molecule has 0 bridgehead atoms. The van der Waals surface area contributed by atoms with Crippen molar-refractivity contribution in [3.8, 4) is 0 Å². The molecule has 0 radical (unpaired) electrons. The van der Waals surface area contributed by atoms with E-state index in [0.717, 1.165) is 56.2 Å². The molecule has 1 aliphatic carbocycles. The third kappa shape index (κ3) is 2.65. The lowest BCUT2D eigenvalue weighted by Gasteiger charge is -2.39. The van der Waals surface area contributed by atoms with E-state index in [4.69, 9.17) is 9.47 Å². The van der Waals surface area contributed by atoms with Gasteiger partial charge >= 0.3 is 0 Å². The molecule has 20 heavy (non-hydrogen) atoms. The summed E-state index contributed by atoms with van der Waals surface area (Å²) in [5.74, 6) is 0.539. The molecule has 1 aliphatic heterocycles. The molecular formula is C15H23N3O2. The van der Waals surface area contributed by atoms with Crippen LogP contribution in [-0.2, 0) is 9.47 Å². The zero-order chi connectivity index (χ0) is 14.2. The topological polar surface area (TPSA) is 47.5 Å². The molecule has 1 spiro atoms. The van der Waals surface area contributed by atoms with Gasteiger partial charge in [-0.1, -0.05) is 0 Å². The van der Waals surface area contributed by atoms with Crippen molar-refractivity contribution >= 4 is 5.95 Å². The molecule has 1 aromatic heterocycles. The van der Waals surface area contributed by atoms with Crippen molar-refractivity contribution in [2.24, 2.45) is 0 Å². The summed E-state index contributed by atoms with van der Waals surface area (Å²) in [5.41, 5.74) is 2.04. The van der Waals surface area contributed by atoms with E-state index in [9.17, 15) is 0 Å². The van der Waals surface area contributed by atoms with Gasteiger partial charge in [-0.05, 0) is 32.8 Å². The fourth-order valence-electron chi connectivity index (χ4n) is 3.24. The van der Waals surface area contributed by atoms with Crippen LogP contribution in [0.5, 0.6) is 0 Å². The average molecular weight is 277 g/mol. The van der Waals surface area contributed by atoms with E-state index >= 15 is 0 Å². The third-order valence-corrected chi connectivity index (χ3v) is 4.36. The quantitative estimate of drug-likeness (QED) is 0.829. The molecule has 0 unspecified atom stereocenters. The number of hydrogen-bond donors (Lipinski definition) is 0. The molecule has 5 nitrogen and oxygen atoms in total. The van der Waals surface area contributed by atoms with Gasteiger partial charge in [0.25, 0.3) is 0 Å². The largest absolute Gasteiger partial charge is 0.348 e. The minimum absolute atomic E-state index is 0.291. The van der Waals surface area contributed by atoms with Gasteiger partial charge in [-0.15, -0.1) is 0 Å². The van der Waals surface area contributed by atoms with Crippen LogP contribution in [-0.4, -0.2) is 42.1 Å². The third-order valence-electron chi connectivity index (χ3n) is 4.36. The Balaban J connectivity index is 1.68. The van der Waals surface area contributed by atoms with Crippen LogP contribution in [0.1, 0.15) is 37.1 Å². The van der Waals surface area contributed by atoms with Crippen molar-refractivity contribution in [1.29, 1.82) is 0 Å². The Morgan fingerprint density at radius 2 is 1.65 bits per heavy atom. The van der Waals surface area contributed by atoms with E-state index in [0.29, 0.717) is 6.04 Å². The van der Waals surface area contributed by atoms with Crippen LogP contribution in [0.15, 0.2) is 6.07 Å². The lowest BCUT2D eigenvalue weighted by molar-refractivity contribution is -0.178. The summed E-state index contributed by atoms with van der Waals surface area (Å²) >= 11 is 0. The van der Waals surface area contributed by atoms with Crippen LogP contribution in [0.25, 0.3) is 0 Å². The maximum absolute atomic E-state index is 5.78. The predicted molar refractivity (Wildman–Crippen MR) is 76.8 cm³/mol. The molecular weight excluding hydrogens is 254 g/mol. The SMILES string of the molecule is Cc1cc(C)nc(N(C)C2CCC3(CC2)OCCO3)n1. The monoisotopic (exact) mass is 277 g/mol. The van der Waals surface area contributed by atoms with Gasteiger partial charge in [0.1, 0.15) is 0 Å². The zero-order valence-corrected chi connectivity index (χ0v) is 12.6. The van der Waals surface area contributed by atoms with Gasteiger partial charge in [0, 0.05) is 37.3 Å². The molecule has 0 N–H and O–H groups in total. The number of rotatable bonds is 2. The number of nitrogens with zero attached hydrogens (tertiary/aromatic N) is 3. The highest BCUT2D eigenvalue weighted by atomic mass is 16.7. The summed E-state index contributed by atoms with van der Waals surface area (Å²) in [6.45, 7) is 5.51. The second kappa shape index (κ2) is 5.30. The Hall–Kier alpha value is -1.20. The number of aromatic nitrogens is 2. The maximum atomic E-state index is 5.78. The second-order valence-electron chi connectivity index (χ2n) is 5.90. The molecule has 110 valence electrons. The van der Waals surface area contributed by atoms with Gasteiger partial charge < -0.3 is 14.4 Å². The number of anilines is 1. The molecule has 1 saturated heterocycles. The number of aryl methyl sites for hydroxylation is 2. The molecule has 2 heterocycles. The molecule has 2 aliphatic rings. The zero-order valence-electron chi connectivity index (χ0n) is 12.6. The van der Waals surface area contributed by atoms with Gasteiger partial charge in [0.15, 0.2) is 5.79 Å². The van der Waals surface area contributed by atoms with E-state index < -0.39 is 0 Å². The fraction of sp³-hybridized carbons (Fsp3) is 0.733. The Bertz CT molecular complexity index is 456. The Kier molecular flexibility index (Phi) is 3.65. The van der Waals surface area contributed by atoms with E-state index in [2.05, 4.69) is 21.9 Å². The van der Waals surface area contributed by atoms with Crippen molar-refractivity contribution in [3.63, 3.8) is 0 Å². The highest BCUT2D eigenvalue weighted by Crippen LogP contribution is 2.37. The molecule has 0 atom stereocenters. The van der Waals surface area contributed by atoms with Crippen molar-refractivity contribution in [1.82, 2.24) is 9.97 Å². The Labute approximate surface area is 120 Å². The van der Waals surface area contributed by atoms with Crippen LogP contribution >= 0.6 is 0 Å². The Morgan fingerprint density at radius 3 is 2.20 bits per heavy atom. The van der Waals surface area contributed by atoms with E-state index in [1.54, 1.807) is 0 Å². The van der Waals surface area contributed by atoms with Gasteiger partial charge in [-0.3, -0.25) is 0 Å². The molecule has 3 rings (SSSR count). The molecule has 1 saturated carbocycles. The lowest BCUT2D eigenvalue weighted by Crippen LogP contribution is -2.43. The second-order valence-corrected chi connectivity index (χ2v) is 5.90. The van der Waals surface area contributed by atoms with Crippen molar-refractivity contribution in [3.05, 3.63) is 17.5 Å². The van der Waals surface area contributed by atoms with E-state index in [-0.39, 0.29) is 5.79 Å². The number of ether oxygens (including phenoxy) is 2. The average Bonchev–Trinajstić information content (AvgIpc) is 2.86. The normalized spacial score (nSPS) is 22.4. The maximum Gasteiger partial charge on any atom is 0.225 e. The summed E-state index contributed by atoms with van der Waals surface area (Å²) in [6.07, 6.45) is 4.05. The predicted octanol–water partition coefficient (Wildman–Crippen LogP) is 2.22. The van der Waals surface area contributed by atoms with Crippen LogP contribution < -0.4 is 4.90 Å². The van der Waals surface area contributed by atoms with Crippen molar-refractivity contribution in [2.45, 2.75) is 51.4 Å². The highest BCUT2D eigenvalue weighted by Gasteiger charge is 2.41. The summed E-state index contributed by atoms with van der Waals surface area (Å²) < 4.78 is 11.6. The van der Waals surface area contributed by atoms with Crippen LogP contribution in [0, 0.1) is 13.8 Å². The van der Waals surface area contributed by atoms with Gasteiger partial charge in [-0.25, -0.2) is 9.97 Å². The summed E-state index contributed by atoms with van der Waals surface area (Å²) in [7, 11) is 2.09. The van der Waals surface area contributed by atoms with Crippen molar-refractivity contribution in [2.75, 3.05) is 25.2 Å². The summed E-state index contributed by atoms with van der Waals surface area (Å²) in [4.78, 5) is 11.3. The van der Waals surface area contributed by atoms with E-state index in [1.165, 1.54) is 0 Å². The molecule has 1 aromatic rings. The first-order chi connectivity index (χ1) is 9.58. The molecule has 0 amide bonds. The van der Waals surface area contributed by atoms with Crippen molar-refractivity contribution < 1.29 is 9.47 Å². The van der Waals surface area contributed by atoms with E-state index in [1.807, 2.05) is 19.9 Å². The Morgan fingerprint density at radius 1 is 1.10 bits per heavy atom. The first-order valence-corrected chi connectivity index (χ1v) is 7.41. The summed E-state index contributed by atoms with van der Waals surface area (Å²) in [5, 5.41) is 0. The van der Waals surface area contributed by atoms with Crippen LogP contribution in [0.3, 0.4) is 0 Å². The first kappa shape index (κ1) is 13.8. The molecule has 5 heteroatoms. The lowest BCUT2D eigenvalue weighted by atomic mass is 9.89. The van der Waals surface area contributed by atoms with Gasteiger partial charge in [0.05, 0.1) is 13.2 Å². The highest BCUT2D eigenvalue weighted by molar-refractivity contribution is 5.32. The summed E-state index contributed by atoms with van der Waals surface area (Å²) in [6, 6.07) is 2.47. The smallest absolute Gasteiger partial charge is 0.225 e.